The maximum Gasteiger partial charge on any atom is 0.221 e. The molecule has 1 unspecified atom stereocenters. The second-order valence-corrected chi connectivity index (χ2v) is 5.33. The van der Waals surface area contributed by atoms with Crippen LogP contribution in [0.4, 0.5) is 0 Å². The highest BCUT2D eigenvalue weighted by molar-refractivity contribution is 5.76. The standard InChI is InChI=1S/C13H26N2O/c1-10(2)14-13(16)9-11(3)15-12-7-5-4-6-8-12/h10-12,15H,4-9H2,1-3H3,(H,14,16). The lowest BCUT2D eigenvalue weighted by Crippen LogP contribution is -2.41. The molecular weight excluding hydrogens is 200 g/mol. The fraction of sp³-hybridized carbons (Fsp3) is 0.923. The van der Waals surface area contributed by atoms with Gasteiger partial charge in [0.25, 0.3) is 0 Å². The first-order valence-corrected chi connectivity index (χ1v) is 6.63. The van der Waals surface area contributed by atoms with E-state index in [1.54, 1.807) is 0 Å². The molecule has 16 heavy (non-hydrogen) atoms. The Kier molecular flexibility index (Phi) is 5.81. The van der Waals surface area contributed by atoms with Crippen LogP contribution in [-0.4, -0.2) is 24.0 Å². The fourth-order valence-electron chi connectivity index (χ4n) is 2.39. The molecule has 1 saturated carbocycles. The lowest BCUT2D eigenvalue weighted by molar-refractivity contribution is -0.122. The molecule has 0 aromatic rings. The fourth-order valence-corrected chi connectivity index (χ4v) is 2.39. The molecule has 3 heteroatoms. The van der Waals surface area contributed by atoms with E-state index in [-0.39, 0.29) is 11.9 Å². The summed E-state index contributed by atoms with van der Waals surface area (Å²) in [6.07, 6.45) is 7.19. The van der Waals surface area contributed by atoms with Crippen LogP contribution in [0.2, 0.25) is 0 Å². The van der Waals surface area contributed by atoms with Crippen LogP contribution in [0.5, 0.6) is 0 Å². The summed E-state index contributed by atoms with van der Waals surface area (Å²) in [5, 5.41) is 6.49. The van der Waals surface area contributed by atoms with Crippen LogP contribution >= 0.6 is 0 Å². The van der Waals surface area contributed by atoms with Gasteiger partial charge in [-0.2, -0.15) is 0 Å². The van der Waals surface area contributed by atoms with Crippen LogP contribution in [-0.2, 0) is 4.79 Å². The molecule has 1 aliphatic rings. The Bertz CT molecular complexity index is 210. The molecule has 1 amide bonds. The van der Waals surface area contributed by atoms with Gasteiger partial charge in [-0.1, -0.05) is 19.3 Å². The second-order valence-electron chi connectivity index (χ2n) is 5.33. The monoisotopic (exact) mass is 226 g/mol. The van der Waals surface area contributed by atoms with Gasteiger partial charge in [-0.3, -0.25) is 4.79 Å². The van der Waals surface area contributed by atoms with Gasteiger partial charge >= 0.3 is 0 Å². The molecule has 0 aromatic heterocycles. The Hall–Kier alpha value is -0.570. The van der Waals surface area contributed by atoms with E-state index < -0.39 is 0 Å². The molecule has 1 atom stereocenters. The first-order valence-electron chi connectivity index (χ1n) is 6.63. The van der Waals surface area contributed by atoms with Crippen molar-refractivity contribution in [1.82, 2.24) is 10.6 Å². The van der Waals surface area contributed by atoms with Crippen molar-refractivity contribution in [2.75, 3.05) is 0 Å². The number of hydrogen-bond donors (Lipinski definition) is 2. The average molecular weight is 226 g/mol. The maximum absolute atomic E-state index is 11.6. The molecule has 1 rings (SSSR count). The van der Waals surface area contributed by atoms with Crippen LogP contribution in [0, 0.1) is 0 Å². The van der Waals surface area contributed by atoms with E-state index in [1.807, 2.05) is 13.8 Å². The van der Waals surface area contributed by atoms with Gasteiger partial charge in [-0.15, -0.1) is 0 Å². The van der Waals surface area contributed by atoms with E-state index in [4.69, 9.17) is 0 Å². The second kappa shape index (κ2) is 6.89. The number of rotatable bonds is 5. The van der Waals surface area contributed by atoms with Crippen LogP contribution < -0.4 is 10.6 Å². The molecule has 1 aliphatic carbocycles. The number of hydrogen-bond acceptors (Lipinski definition) is 2. The molecule has 0 bridgehead atoms. The Labute approximate surface area is 99.4 Å². The summed E-state index contributed by atoms with van der Waals surface area (Å²) in [7, 11) is 0. The Morgan fingerprint density at radius 3 is 2.38 bits per heavy atom. The minimum absolute atomic E-state index is 0.158. The number of carbonyl (C=O) groups excluding carboxylic acids is 1. The van der Waals surface area contributed by atoms with Crippen molar-refractivity contribution in [3.63, 3.8) is 0 Å². The van der Waals surface area contributed by atoms with Gasteiger partial charge in [-0.05, 0) is 33.6 Å². The van der Waals surface area contributed by atoms with Crippen LogP contribution in [0.25, 0.3) is 0 Å². The molecule has 0 heterocycles. The quantitative estimate of drug-likeness (QED) is 0.754. The van der Waals surface area contributed by atoms with Crippen molar-refractivity contribution in [2.45, 2.75) is 77.4 Å². The lowest BCUT2D eigenvalue weighted by atomic mass is 9.95. The van der Waals surface area contributed by atoms with Crippen LogP contribution in [0.3, 0.4) is 0 Å². The van der Waals surface area contributed by atoms with Crippen molar-refractivity contribution >= 4 is 5.91 Å². The molecule has 1 fully saturated rings. The minimum atomic E-state index is 0.158. The molecule has 2 N–H and O–H groups in total. The predicted octanol–water partition coefficient (Wildman–Crippen LogP) is 2.21. The van der Waals surface area contributed by atoms with Crippen molar-refractivity contribution in [3.8, 4) is 0 Å². The summed E-state index contributed by atoms with van der Waals surface area (Å²) in [5.74, 6) is 0.158. The van der Waals surface area contributed by atoms with Crippen molar-refractivity contribution in [3.05, 3.63) is 0 Å². The van der Waals surface area contributed by atoms with E-state index in [9.17, 15) is 4.79 Å². The first-order chi connectivity index (χ1) is 7.58. The number of carbonyl (C=O) groups is 1. The molecule has 0 spiro atoms. The Morgan fingerprint density at radius 1 is 1.19 bits per heavy atom. The van der Waals surface area contributed by atoms with E-state index in [2.05, 4.69) is 17.6 Å². The maximum atomic E-state index is 11.6. The van der Waals surface area contributed by atoms with Gasteiger partial charge in [0.2, 0.25) is 5.91 Å². The van der Waals surface area contributed by atoms with Gasteiger partial charge in [0.1, 0.15) is 0 Å². The van der Waals surface area contributed by atoms with E-state index in [0.717, 1.165) is 0 Å². The van der Waals surface area contributed by atoms with Crippen molar-refractivity contribution < 1.29 is 4.79 Å². The minimum Gasteiger partial charge on any atom is -0.354 e. The summed E-state index contributed by atoms with van der Waals surface area (Å²) in [6.45, 7) is 6.10. The van der Waals surface area contributed by atoms with Crippen molar-refractivity contribution in [1.29, 1.82) is 0 Å². The van der Waals surface area contributed by atoms with Crippen molar-refractivity contribution in [2.24, 2.45) is 0 Å². The summed E-state index contributed by atoms with van der Waals surface area (Å²) in [4.78, 5) is 11.6. The topological polar surface area (TPSA) is 41.1 Å². The van der Waals surface area contributed by atoms with E-state index in [1.165, 1.54) is 32.1 Å². The largest absolute Gasteiger partial charge is 0.354 e. The highest BCUT2D eigenvalue weighted by atomic mass is 16.1. The van der Waals surface area contributed by atoms with Gasteiger partial charge in [0.05, 0.1) is 0 Å². The lowest BCUT2D eigenvalue weighted by Gasteiger charge is -2.26. The van der Waals surface area contributed by atoms with Crippen LogP contribution in [0.15, 0.2) is 0 Å². The van der Waals surface area contributed by atoms with Gasteiger partial charge < -0.3 is 10.6 Å². The number of nitrogens with one attached hydrogen (secondary N) is 2. The summed E-state index contributed by atoms with van der Waals surface area (Å²) < 4.78 is 0. The van der Waals surface area contributed by atoms with E-state index >= 15 is 0 Å². The highest BCUT2D eigenvalue weighted by Crippen LogP contribution is 2.18. The molecular formula is C13H26N2O. The third-order valence-corrected chi connectivity index (χ3v) is 3.07. The smallest absolute Gasteiger partial charge is 0.221 e. The third kappa shape index (κ3) is 5.50. The summed E-state index contributed by atoms with van der Waals surface area (Å²) in [6, 6.07) is 1.17. The molecule has 0 aliphatic heterocycles. The molecule has 0 saturated heterocycles. The normalized spacial score (nSPS) is 19.8. The summed E-state index contributed by atoms with van der Waals surface area (Å²) in [5.41, 5.74) is 0. The van der Waals surface area contributed by atoms with Gasteiger partial charge in [-0.25, -0.2) is 0 Å². The number of amides is 1. The predicted molar refractivity (Wildman–Crippen MR) is 67.4 cm³/mol. The molecule has 0 radical (unpaired) electrons. The Balaban J connectivity index is 2.18. The highest BCUT2D eigenvalue weighted by Gasteiger charge is 2.17. The van der Waals surface area contributed by atoms with Crippen LogP contribution in [0.1, 0.15) is 59.3 Å². The zero-order valence-electron chi connectivity index (χ0n) is 10.9. The molecule has 94 valence electrons. The molecule has 3 nitrogen and oxygen atoms in total. The Morgan fingerprint density at radius 2 is 1.81 bits per heavy atom. The average Bonchev–Trinajstić information content (AvgIpc) is 2.17. The zero-order valence-corrected chi connectivity index (χ0v) is 10.9. The molecule has 0 aromatic carbocycles. The van der Waals surface area contributed by atoms with Gasteiger partial charge in [0.15, 0.2) is 0 Å². The summed E-state index contributed by atoms with van der Waals surface area (Å²) >= 11 is 0. The van der Waals surface area contributed by atoms with Gasteiger partial charge in [0, 0.05) is 24.5 Å². The van der Waals surface area contributed by atoms with E-state index in [0.29, 0.717) is 18.5 Å². The zero-order chi connectivity index (χ0) is 12.0. The first kappa shape index (κ1) is 13.5. The SMILES string of the molecule is CC(C)NC(=O)CC(C)NC1CCCCC1. The third-order valence-electron chi connectivity index (χ3n) is 3.07.